The van der Waals surface area contributed by atoms with Crippen molar-refractivity contribution in [2.75, 3.05) is 0 Å². The summed E-state index contributed by atoms with van der Waals surface area (Å²) in [5, 5.41) is 0. The van der Waals surface area contributed by atoms with Crippen molar-refractivity contribution in [3.05, 3.63) is 0 Å². The van der Waals surface area contributed by atoms with Crippen molar-refractivity contribution in [1.29, 1.82) is 0 Å². The fraction of sp³-hybridized carbons (Fsp3) is 0. The molecule has 0 heterocycles. The number of hydrogen-bond acceptors (Lipinski definition) is 12. The van der Waals surface area contributed by atoms with Crippen LogP contribution in [0.1, 0.15) is 0 Å². The Hall–Kier alpha value is 0.380. The maximum atomic E-state index is 7.23. The monoisotopic (exact) mass is 266 g/mol. The van der Waals surface area contributed by atoms with Crippen molar-refractivity contribution < 1.29 is 29.4 Å². The molecule has 0 atom stereocenters. The molecule has 0 aromatic rings. The minimum absolute atomic E-state index is 0. The molecule has 0 aromatic heterocycles. The molecule has 24 N–H and O–H groups in total. The lowest BCUT2D eigenvalue weighted by Crippen LogP contribution is -1.54. The maximum Gasteiger partial charge on any atom is 0.324 e. The molecular formula is H24N6O6P2. The molecule has 0 saturated heterocycles. The molecule has 100 valence electrons. The third-order valence-corrected chi connectivity index (χ3v) is 0. The van der Waals surface area contributed by atoms with Crippen molar-refractivity contribution >= 4 is 17.2 Å². The zero-order valence-corrected chi connectivity index (χ0v) is 9.61. The second-order valence-electron chi connectivity index (χ2n) is 0.537. The van der Waals surface area contributed by atoms with E-state index in [0.717, 1.165) is 0 Å². The molecule has 0 radical (unpaired) electrons. The van der Waals surface area contributed by atoms with Crippen LogP contribution >= 0.6 is 17.2 Å². The third-order valence-electron chi connectivity index (χ3n) is 0. The average Bonchev–Trinajstić information content (AvgIpc) is 1.25. The number of hydrogen-bond donors (Lipinski definition) is 12. The van der Waals surface area contributed by atoms with Gasteiger partial charge in [0.2, 0.25) is 0 Å². The lowest BCUT2D eigenvalue weighted by molar-refractivity contribution is 0.366. The van der Waals surface area contributed by atoms with Crippen molar-refractivity contribution in [3.63, 3.8) is 0 Å². The molecule has 0 unspecified atom stereocenters. The lowest BCUT2D eigenvalue weighted by atomic mass is 14.0. The van der Waals surface area contributed by atoms with Crippen molar-refractivity contribution in [3.8, 4) is 0 Å². The van der Waals surface area contributed by atoms with Crippen LogP contribution in [0.5, 0.6) is 0 Å². The summed E-state index contributed by atoms with van der Waals surface area (Å²) in [6, 6.07) is 0. The highest BCUT2D eigenvalue weighted by Crippen LogP contribution is 2.12. The van der Waals surface area contributed by atoms with Gasteiger partial charge in [-0.05, 0) is 0 Å². The van der Waals surface area contributed by atoms with Gasteiger partial charge in [-0.15, -0.1) is 0 Å². The van der Waals surface area contributed by atoms with Crippen LogP contribution in [0.4, 0.5) is 0 Å². The van der Waals surface area contributed by atoms with Gasteiger partial charge in [-0.3, -0.25) is 0 Å². The molecule has 0 amide bonds. The molecule has 0 spiro atoms. The predicted octanol–water partition coefficient (Wildman–Crippen LogP) is -0.648. The SMILES string of the molecule is N.N.N.N.N.N.OP(O)O.OP(O)O. The Bertz CT molecular complexity index is 35.8. The van der Waals surface area contributed by atoms with Gasteiger partial charge in [0.25, 0.3) is 0 Å². The quantitative estimate of drug-likeness (QED) is 0.243. The smallest absolute Gasteiger partial charge is 0.324 e. The molecule has 0 bridgehead atoms. The molecule has 12 nitrogen and oxygen atoms in total. The number of rotatable bonds is 0. The molecule has 0 aliphatic rings. The highest BCUT2D eigenvalue weighted by Gasteiger charge is 1.76. The Morgan fingerprint density at radius 2 is 0.357 bits per heavy atom. The normalized spacial score (nSPS) is 5.14. The zero-order chi connectivity index (χ0) is 7.15. The summed E-state index contributed by atoms with van der Waals surface area (Å²) < 4.78 is 0. The Morgan fingerprint density at radius 1 is 0.357 bits per heavy atom. The van der Waals surface area contributed by atoms with Crippen molar-refractivity contribution in [1.82, 2.24) is 36.9 Å². The van der Waals surface area contributed by atoms with Gasteiger partial charge >= 0.3 is 17.2 Å². The Labute approximate surface area is 84.5 Å². The average molecular weight is 266 g/mol. The van der Waals surface area contributed by atoms with E-state index in [9.17, 15) is 0 Å². The van der Waals surface area contributed by atoms with E-state index < -0.39 is 17.2 Å². The molecule has 0 aliphatic heterocycles. The summed E-state index contributed by atoms with van der Waals surface area (Å²) in [5.41, 5.74) is 0. The van der Waals surface area contributed by atoms with Crippen LogP contribution in [-0.4, -0.2) is 29.4 Å². The Morgan fingerprint density at radius 3 is 0.357 bits per heavy atom. The van der Waals surface area contributed by atoms with E-state index in [1.165, 1.54) is 0 Å². The standard InChI is InChI=1S/6H3N.2H3O3P/c;;;;;;2*1-4(2)3/h6*1H3;2*1-3H. The van der Waals surface area contributed by atoms with Gasteiger partial charge in [0.15, 0.2) is 0 Å². The van der Waals surface area contributed by atoms with Gasteiger partial charge in [0.05, 0.1) is 0 Å². The summed E-state index contributed by atoms with van der Waals surface area (Å²) >= 11 is 0. The van der Waals surface area contributed by atoms with Gasteiger partial charge in [0, 0.05) is 0 Å². The first-order valence-electron chi connectivity index (χ1n) is 1.20. The van der Waals surface area contributed by atoms with Crippen molar-refractivity contribution in [2.24, 2.45) is 0 Å². The van der Waals surface area contributed by atoms with E-state index >= 15 is 0 Å². The lowest BCUT2D eigenvalue weighted by Gasteiger charge is -1.76. The van der Waals surface area contributed by atoms with Crippen LogP contribution < -0.4 is 36.9 Å². The summed E-state index contributed by atoms with van der Waals surface area (Å²) in [7, 11) is -5.24. The first-order chi connectivity index (χ1) is 3.46. The first-order valence-corrected chi connectivity index (χ1v) is 3.60. The minimum Gasteiger partial charge on any atom is -0.344 e. The highest BCUT2D eigenvalue weighted by atomic mass is 31.2. The van der Waals surface area contributed by atoms with Gasteiger partial charge in [-0.25, -0.2) is 0 Å². The maximum absolute atomic E-state index is 7.23. The molecule has 0 saturated carbocycles. The van der Waals surface area contributed by atoms with E-state index in [1.807, 2.05) is 0 Å². The summed E-state index contributed by atoms with van der Waals surface area (Å²) in [4.78, 5) is 43.4. The summed E-state index contributed by atoms with van der Waals surface area (Å²) in [6.07, 6.45) is 0. The molecular weight excluding hydrogens is 242 g/mol. The molecule has 0 fully saturated rings. The van der Waals surface area contributed by atoms with Gasteiger partial charge in [0.1, 0.15) is 0 Å². The minimum atomic E-state index is -2.62. The second-order valence-corrected chi connectivity index (χ2v) is 1.61. The molecule has 14 heteroatoms. The highest BCUT2D eigenvalue weighted by molar-refractivity contribution is 7.38. The van der Waals surface area contributed by atoms with E-state index in [1.54, 1.807) is 0 Å². The third kappa shape index (κ3) is 11100. The fourth-order valence-electron chi connectivity index (χ4n) is 0. The van der Waals surface area contributed by atoms with E-state index in [4.69, 9.17) is 29.4 Å². The topological polar surface area (TPSA) is 331 Å². The molecule has 0 aromatic carbocycles. The molecule has 14 heavy (non-hydrogen) atoms. The van der Waals surface area contributed by atoms with E-state index in [2.05, 4.69) is 0 Å². The first kappa shape index (κ1) is 63.2. The van der Waals surface area contributed by atoms with Crippen LogP contribution in [0.2, 0.25) is 0 Å². The molecule has 0 rings (SSSR count). The van der Waals surface area contributed by atoms with Crippen LogP contribution in [0, 0.1) is 0 Å². The predicted molar refractivity (Wildman–Crippen MR) is 57.3 cm³/mol. The van der Waals surface area contributed by atoms with Gasteiger partial charge < -0.3 is 66.3 Å². The largest absolute Gasteiger partial charge is 0.344 e. The van der Waals surface area contributed by atoms with Crippen LogP contribution in [-0.2, 0) is 0 Å². The van der Waals surface area contributed by atoms with Crippen LogP contribution in [0.15, 0.2) is 0 Å². The molecule has 0 aliphatic carbocycles. The summed E-state index contributed by atoms with van der Waals surface area (Å²) in [5.74, 6) is 0. The summed E-state index contributed by atoms with van der Waals surface area (Å²) in [6.45, 7) is 0. The Balaban J connectivity index is -0.00000000600. The van der Waals surface area contributed by atoms with Gasteiger partial charge in [-0.2, -0.15) is 0 Å². The van der Waals surface area contributed by atoms with E-state index in [-0.39, 0.29) is 36.9 Å². The Kier molecular flexibility index (Phi) is 228. The van der Waals surface area contributed by atoms with Crippen LogP contribution in [0.3, 0.4) is 0 Å². The van der Waals surface area contributed by atoms with Crippen molar-refractivity contribution in [2.45, 2.75) is 0 Å². The van der Waals surface area contributed by atoms with Crippen LogP contribution in [0.25, 0.3) is 0 Å². The fourth-order valence-corrected chi connectivity index (χ4v) is 0. The van der Waals surface area contributed by atoms with E-state index in [0.29, 0.717) is 0 Å². The van der Waals surface area contributed by atoms with Gasteiger partial charge in [-0.1, -0.05) is 0 Å². The second kappa shape index (κ2) is 50.4. The zero-order valence-electron chi connectivity index (χ0n) is 7.82.